The van der Waals surface area contributed by atoms with Gasteiger partial charge in [-0.15, -0.1) is 0 Å². The zero-order valence-electron chi connectivity index (χ0n) is 11.8. The number of nitrogens with one attached hydrogen (secondary N) is 1. The molecule has 1 aliphatic heterocycles. The molecule has 2 aliphatic rings. The van der Waals surface area contributed by atoms with E-state index in [-0.39, 0.29) is 6.04 Å². The monoisotopic (exact) mass is 307 g/mol. The van der Waals surface area contributed by atoms with E-state index < -0.39 is 10.0 Å². The average molecular weight is 307 g/mol. The highest BCUT2D eigenvalue weighted by atomic mass is 32.2. The van der Waals surface area contributed by atoms with Gasteiger partial charge in [-0.1, -0.05) is 0 Å². The smallest absolute Gasteiger partial charge is 0.209 e. The standard InChI is InChI=1S/C13H17N5O2S/c1-21(19,20)17-11-4-5-18(8-11)13-10(6-14)7-15-12(16-13)9-2-3-9/h7,9,11,17H,2-5,8H2,1H3/t11-/m1/s1. The van der Waals surface area contributed by atoms with E-state index in [1.54, 1.807) is 6.20 Å². The first-order valence-corrected chi connectivity index (χ1v) is 8.84. The van der Waals surface area contributed by atoms with Gasteiger partial charge in [0, 0.05) is 25.0 Å². The summed E-state index contributed by atoms with van der Waals surface area (Å²) in [5.41, 5.74) is 0.444. The quantitative estimate of drug-likeness (QED) is 0.862. The van der Waals surface area contributed by atoms with Gasteiger partial charge in [-0.3, -0.25) is 0 Å². The van der Waals surface area contributed by atoms with Crippen LogP contribution in [0.5, 0.6) is 0 Å². The van der Waals surface area contributed by atoms with Crippen molar-refractivity contribution in [1.29, 1.82) is 5.26 Å². The van der Waals surface area contributed by atoms with Crippen molar-refractivity contribution in [2.75, 3.05) is 24.2 Å². The van der Waals surface area contributed by atoms with Gasteiger partial charge in [-0.25, -0.2) is 23.1 Å². The number of anilines is 1. The molecule has 112 valence electrons. The van der Waals surface area contributed by atoms with Crippen LogP contribution in [0.2, 0.25) is 0 Å². The fourth-order valence-electron chi connectivity index (χ4n) is 2.60. The molecular weight excluding hydrogens is 290 g/mol. The van der Waals surface area contributed by atoms with Crippen molar-refractivity contribution >= 4 is 15.8 Å². The van der Waals surface area contributed by atoms with Gasteiger partial charge in [0.2, 0.25) is 10.0 Å². The summed E-state index contributed by atoms with van der Waals surface area (Å²) < 4.78 is 25.2. The van der Waals surface area contributed by atoms with E-state index in [1.807, 2.05) is 4.90 Å². The Balaban J connectivity index is 1.80. The van der Waals surface area contributed by atoms with E-state index in [1.165, 1.54) is 0 Å². The van der Waals surface area contributed by atoms with Crippen LogP contribution in [0.4, 0.5) is 5.82 Å². The lowest BCUT2D eigenvalue weighted by atomic mass is 10.3. The third-order valence-corrected chi connectivity index (χ3v) is 4.48. The summed E-state index contributed by atoms with van der Waals surface area (Å²) in [4.78, 5) is 10.8. The van der Waals surface area contributed by atoms with Gasteiger partial charge in [-0.05, 0) is 19.3 Å². The van der Waals surface area contributed by atoms with Gasteiger partial charge >= 0.3 is 0 Å². The summed E-state index contributed by atoms with van der Waals surface area (Å²) >= 11 is 0. The molecule has 3 rings (SSSR count). The Kier molecular flexibility index (Phi) is 3.55. The van der Waals surface area contributed by atoms with Crippen LogP contribution in [0.3, 0.4) is 0 Å². The second kappa shape index (κ2) is 5.24. The fourth-order valence-corrected chi connectivity index (χ4v) is 3.39. The van der Waals surface area contributed by atoms with Crippen molar-refractivity contribution < 1.29 is 8.42 Å². The maximum absolute atomic E-state index is 11.3. The van der Waals surface area contributed by atoms with Crippen LogP contribution in [0.1, 0.15) is 36.6 Å². The average Bonchev–Trinajstić information content (AvgIpc) is 3.17. The summed E-state index contributed by atoms with van der Waals surface area (Å²) in [7, 11) is -3.21. The topological polar surface area (TPSA) is 99.0 Å². The van der Waals surface area contributed by atoms with E-state index in [2.05, 4.69) is 20.8 Å². The summed E-state index contributed by atoms with van der Waals surface area (Å²) in [6, 6.07) is 1.98. The lowest BCUT2D eigenvalue weighted by Gasteiger charge is -2.19. The first-order chi connectivity index (χ1) is 9.96. The number of hydrogen-bond acceptors (Lipinski definition) is 6. The van der Waals surface area contributed by atoms with Gasteiger partial charge in [0.05, 0.1) is 12.5 Å². The minimum Gasteiger partial charge on any atom is -0.354 e. The van der Waals surface area contributed by atoms with Crippen molar-refractivity contribution in [2.24, 2.45) is 0 Å². The van der Waals surface area contributed by atoms with Gasteiger partial charge < -0.3 is 4.90 Å². The van der Waals surface area contributed by atoms with Crippen LogP contribution in [0, 0.1) is 11.3 Å². The molecule has 1 N–H and O–H groups in total. The Morgan fingerprint density at radius 2 is 2.19 bits per heavy atom. The van der Waals surface area contributed by atoms with Crippen molar-refractivity contribution in [3.63, 3.8) is 0 Å². The molecule has 1 aromatic rings. The molecule has 1 saturated carbocycles. The molecular formula is C13H17N5O2S. The van der Waals surface area contributed by atoms with Gasteiger partial charge in [0.1, 0.15) is 23.3 Å². The highest BCUT2D eigenvalue weighted by molar-refractivity contribution is 7.88. The van der Waals surface area contributed by atoms with E-state index >= 15 is 0 Å². The van der Waals surface area contributed by atoms with E-state index in [0.29, 0.717) is 36.8 Å². The molecule has 0 aromatic carbocycles. The lowest BCUT2D eigenvalue weighted by Crippen LogP contribution is -2.36. The minimum absolute atomic E-state index is 0.133. The van der Waals surface area contributed by atoms with Crippen LogP contribution >= 0.6 is 0 Å². The first-order valence-electron chi connectivity index (χ1n) is 6.95. The van der Waals surface area contributed by atoms with E-state index in [4.69, 9.17) is 0 Å². The molecule has 21 heavy (non-hydrogen) atoms. The maximum atomic E-state index is 11.3. The summed E-state index contributed by atoms with van der Waals surface area (Å²) in [5, 5.41) is 9.21. The Morgan fingerprint density at radius 3 is 2.81 bits per heavy atom. The number of rotatable bonds is 4. The summed E-state index contributed by atoms with van der Waals surface area (Å²) in [6.45, 7) is 1.21. The SMILES string of the molecule is CS(=O)(=O)N[C@@H]1CCN(c2nc(C3CC3)ncc2C#N)C1. The summed E-state index contributed by atoms with van der Waals surface area (Å²) in [6.07, 6.45) is 5.65. The van der Waals surface area contributed by atoms with Gasteiger partial charge in [0.15, 0.2) is 0 Å². The molecule has 1 aromatic heterocycles. The molecule has 0 unspecified atom stereocenters. The van der Waals surface area contributed by atoms with Crippen LogP contribution in [0.25, 0.3) is 0 Å². The molecule has 0 bridgehead atoms. The fraction of sp³-hybridized carbons (Fsp3) is 0.615. The predicted octanol–water partition coefficient (Wildman–Crippen LogP) is 0.354. The van der Waals surface area contributed by atoms with Crippen LogP contribution in [-0.2, 0) is 10.0 Å². The van der Waals surface area contributed by atoms with Crippen LogP contribution in [-0.4, -0.2) is 43.8 Å². The first kappa shape index (κ1) is 14.2. The van der Waals surface area contributed by atoms with Crippen molar-refractivity contribution in [3.05, 3.63) is 17.6 Å². The largest absolute Gasteiger partial charge is 0.354 e. The van der Waals surface area contributed by atoms with Crippen LogP contribution < -0.4 is 9.62 Å². The molecule has 0 amide bonds. The van der Waals surface area contributed by atoms with Crippen LogP contribution in [0.15, 0.2) is 6.20 Å². The zero-order valence-corrected chi connectivity index (χ0v) is 12.6. The van der Waals surface area contributed by atoms with Crippen molar-refractivity contribution in [3.8, 4) is 6.07 Å². The molecule has 7 nitrogen and oxygen atoms in total. The number of hydrogen-bond donors (Lipinski definition) is 1. The molecule has 1 saturated heterocycles. The zero-order chi connectivity index (χ0) is 15.0. The Labute approximate surface area is 124 Å². The molecule has 2 fully saturated rings. The third-order valence-electron chi connectivity index (χ3n) is 3.72. The molecule has 8 heteroatoms. The lowest BCUT2D eigenvalue weighted by molar-refractivity contribution is 0.567. The maximum Gasteiger partial charge on any atom is 0.209 e. The Hall–Kier alpha value is -1.72. The Morgan fingerprint density at radius 1 is 1.43 bits per heavy atom. The second-order valence-electron chi connectivity index (χ2n) is 5.67. The molecule has 1 aliphatic carbocycles. The van der Waals surface area contributed by atoms with Crippen molar-refractivity contribution in [2.45, 2.75) is 31.2 Å². The molecule has 0 radical (unpaired) electrons. The van der Waals surface area contributed by atoms with E-state index in [0.717, 1.165) is 24.9 Å². The predicted molar refractivity (Wildman–Crippen MR) is 77.3 cm³/mol. The molecule has 1 atom stereocenters. The minimum atomic E-state index is -3.21. The van der Waals surface area contributed by atoms with Crippen molar-refractivity contribution in [1.82, 2.24) is 14.7 Å². The third kappa shape index (κ3) is 3.31. The second-order valence-corrected chi connectivity index (χ2v) is 7.45. The normalized spacial score (nSPS) is 22.3. The number of sulfonamides is 1. The van der Waals surface area contributed by atoms with Gasteiger partial charge in [-0.2, -0.15) is 5.26 Å². The highest BCUT2D eigenvalue weighted by Crippen LogP contribution is 2.38. The van der Waals surface area contributed by atoms with E-state index in [9.17, 15) is 13.7 Å². The Bertz CT molecular complexity index is 693. The van der Waals surface area contributed by atoms with Gasteiger partial charge in [0.25, 0.3) is 0 Å². The number of nitriles is 1. The highest BCUT2D eigenvalue weighted by Gasteiger charge is 2.31. The summed E-state index contributed by atoms with van der Waals surface area (Å²) in [5.74, 6) is 1.85. The number of nitrogens with zero attached hydrogens (tertiary/aromatic N) is 4. The number of aromatic nitrogens is 2. The molecule has 0 spiro atoms. The molecule has 2 heterocycles.